The van der Waals surface area contributed by atoms with E-state index in [-0.39, 0.29) is 6.29 Å². The van der Waals surface area contributed by atoms with E-state index >= 15 is 0 Å². The van der Waals surface area contributed by atoms with Gasteiger partial charge in [-0.05, 0) is 42.0 Å². The molecular formula is C23H30O2. The highest BCUT2D eigenvalue weighted by molar-refractivity contribution is 5.22. The van der Waals surface area contributed by atoms with Gasteiger partial charge in [-0.1, -0.05) is 76.2 Å². The first-order chi connectivity index (χ1) is 12.0. The second-order valence-electron chi connectivity index (χ2n) is 6.99. The van der Waals surface area contributed by atoms with Crippen molar-refractivity contribution in [1.82, 2.24) is 0 Å². The summed E-state index contributed by atoms with van der Waals surface area (Å²) in [5.74, 6) is 2.71. The van der Waals surface area contributed by atoms with Gasteiger partial charge in [-0.15, -0.1) is 0 Å². The van der Waals surface area contributed by atoms with E-state index in [2.05, 4.69) is 46.8 Å². The van der Waals surface area contributed by atoms with Crippen LogP contribution in [0.5, 0.6) is 5.75 Å². The SMILES string of the molecule is CC(OC(Cc1ccccc1)Oc1ccccc1)=C(C(C)C)C(C)C. The molecule has 25 heavy (non-hydrogen) atoms. The van der Waals surface area contributed by atoms with Crippen molar-refractivity contribution >= 4 is 0 Å². The second kappa shape index (κ2) is 9.31. The van der Waals surface area contributed by atoms with Crippen LogP contribution >= 0.6 is 0 Å². The first kappa shape index (κ1) is 19.1. The Morgan fingerprint density at radius 1 is 0.800 bits per heavy atom. The maximum absolute atomic E-state index is 6.30. The topological polar surface area (TPSA) is 18.5 Å². The lowest BCUT2D eigenvalue weighted by Gasteiger charge is -2.25. The van der Waals surface area contributed by atoms with E-state index in [4.69, 9.17) is 9.47 Å². The Hall–Kier alpha value is -2.22. The third-order valence-corrected chi connectivity index (χ3v) is 4.21. The summed E-state index contributed by atoms with van der Waals surface area (Å²) in [5.41, 5.74) is 2.54. The number of para-hydroxylation sites is 1. The van der Waals surface area contributed by atoms with Crippen molar-refractivity contribution in [2.24, 2.45) is 11.8 Å². The van der Waals surface area contributed by atoms with Gasteiger partial charge in [0.25, 0.3) is 0 Å². The van der Waals surface area contributed by atoms with Crippen molar-refractivity contribution < 1.29 is 9.47 Å². The molecule has 1 atom stereocenters. The molecular weight excluding hydrogens is 308 g/mol. The lowest BCUT2D eigenvalue weighted by molar-refractivity contribution is -0.0445. The first-order valence-electron chi connectivity index (χ1n) is 9.10. The molecule has 1 unspecified atom stereocenters. The summed E-state index contributed by atoms with van der Waals surface area (Å²) in [5, 5.41) is 0. The molecule has 0 radical (unpaired) electrons. The standard InChI is InChI=1S/C23H30O2/c1-17(2)23(18(3)4)19(5)24-22(16-20-12-8-6-9-13-20)25-21-14-10-7-11-15-21/h6-15,17-18,22H,16H2,1-5H3. The Morgan fingerprint density at radius 3 is 1.84 bits per heavy atom. The third kappa shape index (κ3) is 5.97. The molecule has 2 heteroatoms. The molecule has 2 nitrogen and oxygen atoms in total. The van der Waals surface area contributed by atoms with Crippen molar-refractivity contribution in [3.8, 4) is 5.75 Å². The summed E-state index contributed by atoms with van der Waals surface area (Å²) in [4.78, 5) is 0. The van der Waals surface area contributed by atoms with Crippen molar-refractivity contribution in [2.75, 3.05) is 0 Å². The van der Waals surface area contributed by atoms with Gasteiger partial charge in [0.1, 0.15) is 5.75 Å². The molecule has 0 aliphatic carbocycles. The lowest BCUT2D eigenvalue weighted by atomic mass is 9.91. The summed E-state index contributed by atoms with van der Waals surface area (Å²) in [6.07, 6.45) is 0.355. The van der Waals surface area contributed by atoms with Gasteiger partial charge in [0.05, 0.1) is 5.76 Å². The molecule has 0 amide bonds. The maximum atomic E-state index is 6.30. The van der Waals surface area contributed by atoms with E-state index in [0.29, 0.717) is 18.3 Å². The average Bonchev–Trinajstić information content (AvgIpc) is 2.55. The van der Waals surface area contributed by atoms with Crippen LogP contribution in [0.15, 0.2) is 72.0 Å². The maximum Gasteiger partial charge on any atom is 0.244 e. The summed E-state index contributed by atoms with van der Waals surface area (Å²) < 4.78 is 12.4. The summed E-state index contributed by atoms with van der Waals surface area (Å²) >= 11 is 0. The van der Waals surface area contributed by atoms with Crippen molar-refractivity contribution in [3.05, 3.63) is 77.6 Å². The zero-order chi connectivity index (χ0) is 18.2. The van der Waals surface area contributed by atoms with Crippen molar-refractivity contribution in [3.63, 3.8) is 0 Å². The van der Waals surface area contributed by atoms with E-state index in [1.165, 1.54) is 11.1 Å². The van der Waals surface area contributed by atoms with Crippen molar-refractivity contribution in [2.45, 2.75) is 47.3 Å². The average molecular weight is 338 g/mol. The Kier molecular flexibility index (Phi) is 7.12. The molecule has 2 rings (SSSR count). The van der Waals surface area contributed by atoms with Crippen LogP contribution in [0.1, 0.15) is 40.2 Å². The van der Waals surface area contributed by atoms with E-state index in [1.54, 1.807) is 0 Å². The number of hydrogen-bond donors (Lipinski definition) is 0. The third-order valence-electron chi connectivity index (χ3n) is 4.21. The van der Waals surface area contributed by atoms with Crippen LogP contribution in [0.2, 0.25) is 0 Å². The molecule has 0 N–H and O–H groups in total. The fraction of sp³-hybridized carbons (Fsp3) is 0.391. The normalized spacial score (nSPS) is 12.1. The zero-order valence-electron chi connectivity index (χ0n) is 16.0. The van der Waals surface area contributed by atoms with Crippen LogP contribution in [0, 0.1) is 11.8 Å². The van der Waals surface area contributed by atoms with E-state index in [0.717, 1.165) is 11.5 Å². The Labute approximate surface area is 152 Å². The minimum absolute atomic E-state index is 0.350. The fourth-order valence-corrected chi connectivity index (χ4v) is 3.31. The largest absolute Gasteiger partial charge is 0.459 e. The minimum atomic E-state index is -0.350. The fourth-order valence-electron chi connectivity index (χ4n) is 3.31. The number of hydrogen-bond acceptors (Lipinski definition) is 2. The summed E-state index contributed by atoms with van der Waals surface area (Å²) in [6, 6.07) is 20.2. The second-order valence-corrected chi connectivity index (χ2v) is 6.99. The smallest absolute Gasteiger partial charge is 0.244 e. The Balaban J connectivity index is 2.22. The van der Waals surface area contributed by atoms with Crippen LogP contribution in [-0.4, -0.2) is 6.29 Å². The number of benzene rings is 2. The van der Waals surface area contributed by atoms with E-state index in [1.807, 2.05) is 48.5 Å². The molecule has 0 bridgehead atoms. The van der Waals surface area contributed by atoms with E-state index < -0.39 is 0 Å². The predicted molar refractivity (Wildman–Crippen MR) is 104 cm³/mol. The molecule has 0 aliphatic rings. The quantitative estimate of drug-likeness (QED) is 0.419. The minimum Gasteiger partial charge on any atom is -0.459 e. The van der Waals surface area contributed by atoms with Crippen LogP contribution in [0.4, 0.5) is 0 Å². The van der Waals surface area contributed by atoms with Crippen molar-refractivity contribution in [1.29, 1.82) is 0 Å². The molecule has 0 heterocycles. The number of allylic oxidation sites excluding steroid dienone is 2. The molecule has 2 aromatic carbocycles. The van der Waals surface area contributed by atoms with Gasteiger partial charge in [0.15, 0.2) is 0 Å². The highest BCUT2D eigenvalue weighted by Crippen LogP contribution is 2.26. The van der Waals surface area contributed by atoms with Crippen LogP contribution in [-0.2, 0) is 11.2 Å². The number of ether oxygens (including phenoxy) is 2. The molecule has 134 valence electrons. The molecule has 0 fully saturated rings. The van der Waals surface area contributed by atoms with Gasteiger partial charge in [-0.2, -0.15) is 0 Å². The van der Waals surface area contributed by atoms with E-state index in [9.17, 15) is 0 Å². The van der Waals surface area contributed by atoms with Crippen LogP contribution in [0.25, 0.3) is 0 Å². The molecule has 0 spiro atoms. The molecule has 0 aliphatic heterocycles. The summed E-state index contributed by atoms with van der Waals surface area (Å²) in [6.45, 7) is 10.9. The zero-order valence-corrected chi connectivity index (χ0v) is 16.0. The summed E-state index contributed by atoms with van der Waals surface area (Å²) in [7, 11) is 0. The molecule has 0 saturated heterocycles. The predicted octanol–water partition coefficient (Wildman–Crippen LogP) is 6.24. The van der Waals surface area contributed by atoms with Crippen LogP contribution in [0.3, 0.4) is 0 Å². The number of rotatable bonds is 8. The Bertz CT molecular complexity index is 606. The molecule has 2 aromatic rings. The van der Waals surface area contributed by atoms with Gasteiger partial charge in [0.2, 0.25) is 6.29 Å². The first-order valence-corrected chi connectivity index (χ1v) is 9.10. The highest BCUT2D eigenvalue weighted by Gasteiger charge is 2.18. The van der Waals surface area contributed by atoms with Gasteiger partial charge in [0, 0.05) is 6.42 Å². The van der Waals surface area contributed by atoms with Gasteiger partial charge >= 0.3 is 0 Å². The molecule has 0 aromatic heterocycles. The Morgan fingerprint density at radius 2 is 1.32 bits per heavy atom. The van der Waals surface area contributed by atoms with Gasteiger partial charge < -0.3 is 9.47 Å². The lowest BCUT2D eigenvalue weighted by Crippen LogP contribution is -2.24. The molecule has 0 saturated carbocycles. The monoisotopic (exact) mass is 338 g/mol. The van der Waals surface area contributed by atoms with Crippen LogP contribution < -0.4 is 4.74 Å². The highest BCUT2D eigenvalue weighted by atomic mass is 16.7. The van der Waals surface area contributed by atoms with Gasteiger partial charge in [-0.25, -0.2) is 0 Å². The van der Waals surface area contributed by atoms with Gasteiger partial charge in [-0.3, -0.25) is 0 Å².